The number of nitrogens with zero attached hydrogens (tertiary/aromatic N) is 1. The van der Waals surface area contributed by atoms with E-state index in [2.05, 4.69) is 5.32 Å². The minimum absolute atomic E-state index is 0.0129. The summed E-state index contributed by atoms with van der Waals surface area (Å²) in [6.45, 7) is 2.91. The molecule has 1 amide bonds. The van der Waals surface area contributed by atoms with Gasteiger partial charge in [-0.3, -0.25) is 14.9 Å². The number of hydrogen-bond donors (Lipinski definition) is 1. The number of ether oxygens (including phenoxy) is 1. The minimum Gasteiger partial charge on any atom is -0.374 e. The van der Waals surface area contributed by atoms with E-state index in [-0.39, 0.29) is 28.3 Å². The molecule has 0 heterocycles. The number of amides is 1. The van der Waals surface area contributed by atoms with Gasteiger partial charge in [0.15, 0.2) is 0 Å². The number of nitro benzene ring substituents is 1. The van der Waals surface area contributed by atoms with Crippen LogP contribution >= 0.6 is 11.6 Å². The fourth-order valence-corrected chi connectivity index (χ4v) is 2.51. The molecule has 7 heteroatoms. The van der Waals surface area contributed by atoms with Crippen LogP contribution in [0.5, 0.6) is 0 Å². The average Bonchev–Trinajstić information content (AvgIpc) is 2.61. The van der Waals surface area contributed by atoms with Gasteiger partial charge in [0.2, 0.25) is 0 Å². The van der Waals surface area contributed by atoms with E-state index >= 15 is 0 Å². The molecular formula is C18H19ClN2O4. The first-order chi connectivity index (χ1) is 12.0. The van der Waals surface area contributed by atoms with E-state index in [4.69, 9.17) is 16.3 Å². The molecule has 132 valence electrons. The highest BCUT2D eigenvalue weighted by Crippen LogP contribution is 2.22. The molecule has 0 aliphatic heterocycles. The number of nitrogens with one attached hydrogen (secondary N) is 1. The number of halogens is 1. The molecule has 0 aliphatic rings. The highest BCUT2D eigenvalue weighted by atomic mass is 35.5. The summed E-state index contributed by atoms with van der Waals surface area (Å²) in [4.78, 5) is 22.2. The van der Waals surface area contributed by atoms with Crippen LogP contribution in [0.2, 0.25) is 5.02 Å². The Balaban J connectivity index is 1.75. The second-order valence-electron chi connectivity index (χ2n) is 5.45. The molecule has 0 saturated carbocycles. The van der Waals surface area contributed by atoms with Crippen LogP contribution in [-0.2, 0) is 4.74 Å². The molecule has 2 aromatic carbocycles. The number of carbonyl (C=O) groups is 1. The van der Waals surface area contributed by atoms with Gasteiger partial charge in [0.1, 0.15) is 0 Å². The number of nitro groups is 1. The predicted octanol–water partition coefficient (Wildman–Crippen LogP) is 4.15. The molecule has 1 N–H and O–H groups in total. The van der Waals surface area contributed by atoms with Crippen LogP contribution in [0.15, 0.2) is 48.5 Å². The molecule has 2 rings (SSSR count). The molecule has 0 saturated heterocycles. The Morgan fingerprint density at radius 1 is 1.28 bits per heavy atom. The summed E-state index contributed by atoms with van der Waals surface area (Å²) < 4.78 is 5.73. The van der Waals surface area contributed by atoms with Crippen LogP contribution in [0, 0.1) is 10.1 Å². The van der Waals surface area contributed by atoms with Crippen LogP contribution in [-0.4, -0.2) is 24.0 Å². The van der Waals surface area contributed by atoms with Crippen LogP contribution < -0.4 is 5.32 Å². The highest BCUT2D eigenvalue weighted by Gasteiger charge is 2.14. The van der Waals surface area contributed by atoms with Crippen molar-refractivity contribution in [2.24, 2.45) is 0 Å². The molecule has 25 heavy (non-hydrogen) atoms. The smallest absolute Gasteiger partial charge is 0.270 e. The lowest BCUT2D eigenvalue weighted by Gasteiger charge is -2.13. The Kier molecular flexibility index (Phi) is 6.91. The van der Waals surface area contributed by atoms with Gasteiger partial charge < -0.3 is 10.1 Å². The molecule has 1 unspecified atom stereocenters. The molecular weight excluding hydrogens is 344 g/mol. The fourth-order valence-electron chi connectivity index (χ4n) is 2.25. The van der Waals surface area contributed by atoms with Crippen LogP contribution in [0.3, 0.4) is 0 Å². The van der Waals surface area contributed by atoms with Crippen LogP contribution in [0.25, 0.3) is 0 Å². The summed E-state index contributed by atoms with van der Waals surface area (Å²) in [6.07, 6.45) is 0.633. The molecule has 0 aromatic heterocycles. The molecule has 0 spiro atoms. The van der Waals surface area contributed by atoms with Crippen molar-refractivity contribution >= 4 is 23.2 Å². The molecule has 0 bridgehead atoms. The monoisotopic (exact) mass is 362 g/mol. The van der Waals surface area contributed by atoms with Crippen molar-refractivity contribution in [2.45, 2.75) is 19.4 Å². The maximum absolute atomic E-state index is 12.1. The van der Waals surface area contributed by atoms with Gasteiger partial charge in [0, 0.05) is 25.3 Å². The van der Waals surface area contributed by atoms with Crippen molar-refractivity contribution in [3.63, 3.8) is 0 Å². The quantitative estimate of drug-likeness (QED) is 0.434. The molecule has 0 aliphatic carbocycles. The largest absolute Gasteiger partial charge is 0.374 e. The normalized spacial score (nSPS) is 11.8. The van der Waals surface area contributed by atoms with E-state index in [9.17, 15) is 14.9 Å². The molecule has 6 nitrogen and oxygen atoms in total. The third-order valence-electron chi connectivity index (χ3n) is 3.65. The van der Waals surface area contributed by atoms with Gasteiger partial charge in [-0.2, -0.15) is 0 Å². The predicted molar refractivity (Wildman–Crippen MR) is 95.9 cm³/mol. The lowest BCUT2D eigenvalue weighted by molar-refractivity contribution is -0.384. The number of rotatable bonds is 8. The second kappa shape index (κ2) is 9.15. The summed E-state index contributed by atoms with van der Waals surface area (Å²) in [7, 11) is 0. The van der Waals surface area contributed by atoms with E-state index in [0.29, 0.717) is 19.6 Å². The zero-order chi connectivity index (χ0) is 18.2. The SMILES string of the molecule is CC(OCCCNC(=O)c1ccc([N+](=O)[O-])cc1Cl)c1ccccc1. The summed E-state index contributed by atoms with van der Waals surface area (Å²) in [5.74, 6) is -0.365. The van der Waals surface area contributed by atoms with Crippen molar-refractivity contribution in [1.29, 1.82) is 0 Å². The Hall–Kier alpha value is -2.44. The number of carbonyl (C=O) groups excluding carboxylic acids is 1. The fraction of sp³-hybridized carbons (Fsp3) is 0.278. The topological polar surface area (TPSA) is 81.5 Å². The zero-order valence-electron chi connectivity index (χ0n) is 13.8. The third kappa shape index (κ3) is 5.55. The van der Waals surface area contributed by atoms with Crippen molar-refractivity contribution < 1.29 is 14.5 Å². The van der Waals surface area contributed by atoms with E-state index in [1.807, 2.05) is 37.3 Å². The van der Waals surface area contributed by atoms with Crippen LogP contribution in [0.1, 0.15) is 35.4 Å². The second-order valence-corrected chi connectivity index (χ2v) is 5.86. The molecule has 1 atom stereocenters. The Labute approximate surface area is 150 Å². The van der Waals surface area contributed by atoms with Gasteiger partial charge in [-0.1, -0.05) is 41.9 Å². The van der Waals surface area contributed by atoms with Crippen molar-refractivity contribution in [1.82, 2.24) is 5.32 Å². The van der Waals surface area contributed by atoms with E-state index in [1.165, 1.54) is 18.2 Å². The lowest BCUT2D eigenvalue weighted by atomic mass is 10.1. The summed E-state index contributed by atoms with van der Waals surface area (Å²) in [5, 5.41) is 13.5. The van der Waals surface area contributed by atoms with E-state index < -0.39 is 4.92 Å². The first-order valence-electron chi connectivity index (χ1n) is 7.87. The summed E-state index contributed by atoms with van der Waals surface area (Å²) in [5.41, 5.74) is 1.17. The summed E-state index contributed by atoms with van der Waals surface area (Å²) >= 11 is 5.93. The Morgan fingerprint density at radius 3 is 2.64 bits per heavy atom. The first kappa shape index (κ1) is 18.9. The molecule has 0 fully saturated rings. The van der Waals surface area contributed by atoms with Gasteiger partial charge in [-0.05, 0) is 25.0 Å². The number of non-ortho nitro benzene ring substituents is 1. The van der Waals surface area contributed by atoms with Crippen molar-refractivity contribution in [3.05, 3.63) is 74.8 Å². The zero-order valence-corrected chi connectivity index (χ0v) is 14.5. The minimum atomic E-state index is -0.557. The van der Waals surface area contributed by atoms with Gasteiger partial charge in [-0.25, -0.2) is 0 Å². The maximum atomic E-state index is 12.1. The number of benzene rings is 2. The van der Waals surface area contributed by atoms with Gasteiger partial charge in [0.05, 0.1) is 21.6 Å². The molecule has 0 radical (unpaired) electrons. The lowest BCUT2D eigenvalue weighted by Crippen LogP contribution is -2.25. The standard InChI is InChI=1S/C18H19ClN2O4/c1-13(14-6-3-2-4-7-14)25-11-5-10-20-18(22)16-9-8-15(21(23)24)12-17(16)19/h2-4,6-9,12-13H,5,10-11H2,1H3,(H,20,22). The van der Waals surface area contributed by atoms with Gasteiger partial charge in [-0.15, -0.1) is 0 Å². The maximum Gasteiger partial charge on any atom is 0.270 e. The van der Waals surface area contributed by atoms with Gasteiger partial charge in [0.25, 0.3) is 11.6 Å². The van der Waals surface area contributed by atoms with Crippen molar-refractivity contribution in [3.8, 4) is 0 Å². The third-order valence-corrected chi connectivity index (χ3v) is 3.96. The van der Waals surface area contributed by atoms with E-state index in [0.717, 1.165) is 5.56 Å². The van der Waals surface area contributed by atoms with Crippen molar-refractivity contribution in [2.75, 3.05) is 13.2 Å². The average molecular weight is 363 g/mol. The molecule has 2 aromatic rings. The first-order valence-corrected chi connectivity index (χ1v) is 8.25. The highest BCUT2D eigenvalue weighted by molar-refractivity contribution is 6.34. The summed E-state index contributed by atoms with van der Waals surface area (Å²) in [6, 6.07) is 13.7. The Morgan fingerprint density at radius 2 is 2.00 bits per heavy atom. The van der Waals surface area contributed by atoms with Crippen LogP contribution in [0.4, 0.5) is 5.69 Å². The Bertz CT molecular complexity index is 737. The van der Waals surface area contributed by atoms with Gasteiger partial charge >= 0.3 is 0 Å². The number of hydrogen-bond acceptors (Lipinski definition) is 4. The van der Waals surface area contributed by atoms with E-state index in [1.54, 1.807) is 0 Å².